The molecular formula is C10H10N2O6S. The topological polar surface area (TPSA) is 124 Å². The Labute approximate surface area is 111 Å². The van der Waals surface area contributed by atoms with Gasteiger partial charge in [-0.3, -0.25) is 25.0 Å². The van der Waals surface area contributed by atoms with E-state index < -0.39 is 15.8 Å². The molecule has 0 fully saturated rings. The van der Waals surface area contributed by atoms with Crippen LogP contribution >= 0.6 is 11.8 Å². The molecule has 1 N–H and O–H groups in total. The Morgan fingerprint density at radius 2 is 1.95 bits per heavy atom. The zero-order chi connectivity index (χ0) is 14.4. The van der Waals surface area contributed by atoms with Crippen molar-refractivity contribution < 1.29 is 19.7 Å². The standard InChI is InChI=1S/C10H10N2O6S/c13-10(14)2-1-5-19-9-4-3-7(11(15)16)6-8(9)12(17)18/h3-4,6H,1-2,5H2,(H,13,14). The van der Waals surface area contributed by atoms with Crippen molar-refractivity contribution in [1.82, 2.24) is 0 Å². The van der Waals surface area contributed by atoms with Crippen molar-refractivity contribution in [3.05, 3.63) is 38.4 Å². The van der Waals surface area contributed by atoms with Crippen molar-refractivity contribution in [2.45, 2.75) is 17.7 Å². The van der Waals surface area contributed by atoms with Gasteiger partial charge in [0.2, 0.25) is 0 Å². The summed E-state index contributed by atoms with van der Waals surface area (Å²) in [6.07, 6.45) is 0.349. The summed E-state index contributed by atoms with van der Waals surface area (Å²) < 4.78 is 0. The van der Waals surface area contributed by atoms with Crippen LogP contribution in [-0.4, -0.2) is 26.7 Å². The fourth-order valence-electron chi connectivity index (χ4n) is 1.29. The van der Waals surface area contributed by atoms with E-state index in [1.54, 1.807) is 0 Å². The number of benzene rings is 1. The smallest absolute Gasteiger partial charge is 0.303 e. The molecule has 0 unspecified atom stereocenters. The predicted molar refractivity (Wildman–Crippen MR) is 67.3 cm³/mol. The van der Waals surface area contributed by atoms with E-state index in [-0.39, 0.29) is 17.8 Å². The number of aliphatic carboxylic acids is 1. The lowest BCUT2D eigenvalue weighted by molar-refractivity contribution is -0.396. The molecule has 0 saturated carbocycles. The van der Waals surface area contributed by atoms with E-state index in [9.17, 15) is 25.0 Å². The summed E-state index contributed by atoms with van der Waals surface area (Å²) in [5.41, 5.74) is -0.684. The maximum absolute atomic E-state index is 10.8. The van der Waals surface area contributed by atoms with Gasteiger partial charge in [0, 0.05) is 12.5 Å². The van der Waals surface area contributed by atoms with Gasteiger partial charge in [0.05, 0.1) is 20.8 Å². The Morgan fingerprint density at radius 1 is 1.26 bits per heavy atom. The first kappa shape index (κ1) is 14.9. The molecule has 0 aliphatic rings. The number of nitro benzene ring substituents is 2. The van der Waals surface area contributed by atoms with Crippen molar-refractivity contribution >= 4 is 29.1 Å². The van der Waals surface area contributed by atoms with Gasteiger partial charge >= 0.3 is 5.97 Å². The molecule has 102 valence electrons. The minimum absolute atomic E-state index is 0.0201. The Balaban J connectivity index is 2.79. The van der Waals surface area contributed by atoms with E-state index >= 15 is 0 Å². The number of carboxylic acids is 1. The summed E-state index contributed by atoms with van der Waals surface area (Å²) in [4.78, 5) is 30.6. The molecule has 1 rings (SSSR count). The monoisotopic (exact) mass is 286 g/mol. The number of carbonyl (C=O) groups is 1. The molecule has 8 nitrogen and oxygen atoms in total. The normalized spacial score (nSPS) is 10.1. The van der Waals surface area contributed by atoms with Crippen LogP contribution in [0.15, 0.2) is 23.1 Å². The summed E-state index contributed by atoms with van der Waals surface area (Å²) in [5.74, 6) is -0.538. The molecule has 0 aromatic heterocycles. The lowest BCUT2D eigenvalue weighted by Crippen LogP contribution is -1.97. The van der Waals surface area contributed by atoms with Gasteiger partial charge < -0.3 is 5.11 Å². The number of hydrogen-bond acceptors (Lipinski definition) is 6. The average molecular weight is 286 g/mol. The molecule has 0 bridgehead atoms. The highest BCUT2D eigenvalue weighted by Gasteiger charge is 2.19. The molecule has 0 atom stereocenters. The number of nitro groups is 2. The molecule has 0 aliphatic carbocycles. The van der Waals surface area contributed by atoms with E-state index in [4.69, 9.17) is 5.11 Å². The minimum atomic E-state index is -0.932. The van der Waals surface area contributed by atoms with E-state index in [2.05, 4.69) is 0 Å². The first-order valence-corrected chi connectivity index (χ1v) is 6.18. The Bertz CT molecular complexity index is 519. The molecule has 1 aromatic carbocycles. The van der Waals surface area contributed by atoms with Crippen molar-refractivity contribution in [2.75, 3.05) is 5.75 Å². The SMILES string of the molecule is O=C(O)CCCSc1ccc([N+](=O)[O-])cc1[N+](=O)[O-]. The molecule has 0 amide bonds. The van der Waals surface area contributed by atoms with Gasteiger partial charge in [0.1, 0.15) is 0 Å². The zero-order valence-electron chi connectivity index (χ0n) is 9.64. The molecule has 1 aromatic rings. The van der Waals surface area contributed by atoms with E-state index in [0.29, 0.717) is 17.1 Å². The van der Waals surface area contributed by atoms with E-state index in [1.165, 1.54) is 12.1 Å². The second kappa shape index (κ2) is 6.69. The van der Waals surface area contributed by atoms with Crippen LogP contribution in [0.5, 0.6) is 0 Å². The second-order valence-electron chi connectivity index (χ2n) is 3.51. The van der Waals surface area contributed by atoms with Crippen LogP contribution in [0.2, 0.25) is 0 Å². The molecule has 0 saturated heterocycles. The van der Waals surface area contributed by atoms with Crippen LogP contribution in [0, 0.1) is 20.2 Å². The van der Waals surface area contributed by atoms with Crippen molar-refractivity contribution in [3.8, 4) is 0 Å². The van der Waals surface area contributed by atoms with E-state index in [1.807, 2.05) is 0 Å². The third kappa shape index (κ3) is 4.54. The maximum Gasteiger partial charge on any atom is 0.303 e. The average Bonchev–Trinajstić information content (AvgIpc) is 2.34. The lowest BCUT2D eigenvalue weighted by Gasteiger charge is -2.02. The summed E-state index contributed by atoms with van der Waals surface area (Å²) in [5, 5.41) is 29.8. The third-order valence-electron chi connectivity index (χ3n) is 2.14. The quantitative estimate of drug-likeness (QED) is 0.353. The first-order chi connectivity index (χ1) is 8.91. The fraction of sp³-hybridized carbons (Fsp3) is 0.300. The Kier molecular flexibility index (Phi) is 5.24. The molecule has 0 heterocycles. The van der Waals surface area contributed by atoms with Gasteiger partial charge in [-0.2, -0.15) is 0 Å². The number of carboxylic acid groups (broad SMARTS) is 1. The number of thioether (sulfide) groups is 1. The van der Waals surface area contributed by atoms with Gasteiger partial charge in [-0.15, -0.1) is 11.8 Å². The van der Waals surface area contributed by atoms with Gasteiger partial charge in [0.15, 0.2) is 0 Å². The van der Waals surface area contributed by atoms with Crippen LogP contribution in [-0.2, 0) is 4.79 Å². The number of hydrogen-bond donors (Lipinski definition) is 1. The van der Waals surface area contributed by atoms with Gasteiger partial charge in [-0.05, 0) is 18.2 Å². The third-order valence-corrected chi connectivity index (χ3v) is 3.29. The van der Waals surface area contributed by atoms with Crippen molar-refractivity contribution in [3.63, 3.8) is 0 Å². The van der Waals surface area contributed by atoms with Crippen LogP contribution < -0.4 is 0 Å². The van der Waals surface area contributed by atoms with Crippen molar-refractivity contribution in [1.29, 1.82) is 0 Å². The van der Waals surface area contributed by atoms with Crippen LogP contribution in [0.3, 0.4) is 0 Å². The predicted octanol–water partition coefficient (Wildman–Crippen LogP) is 2.46. The highest BCUT2D eigenvalue weighted by molar-refractivity contribution is 7.99. The molecule has 0 aliphatic heterocycles. The first-order valence-electron chi connectivity index (χ1n) is 5.19. The Hall–Kier alpha value is -2.16. The molecule has 0 radical (unpaired) electrons. The molecule has 19 heavy (non-hydrogen) atoms. The summed E-state index contributed by atoms with van der Waals surface area (Å²) in [6, 6.07) is 3.40. The summed E-state index contributed by atoms with van der Waals surface area (Å²) >= 11 is 1.11. The zero-order valence-corrected chi connectivity index (χ0v) is 10.5. The van der Waals surface area contributed by atoms with E-state index in [0.717, 1.165) is 17.8 Å². The Morgan fingerprint density at radius 3 is 2.47 bits per heavy atom. The van der Waals surface area contributed by atoms with Crippen LogP contribution in [0.1, 0.15) is 12.8 Å². The van der Waals surface area contributed by atoms with Gasteiger partial charge in [-0.1, -0.05) is 0 Å². The summed E-state index contributed by atoms with van der Waals surface area (Å²) in [7, 11) is 0. The fourth-order valence-corrected chi connectivity index (χ4v) is 2.24. The highest BCUT2D eigenvalue weighted by atomic mass is 32.2. The summed E-state index contributed by atoms with van der Waals surface area (Å²) in [6.45, 7) is 0. The largest absolute Gasteiger partial charge is 0.481 e. The van der Waals surface area contributed by atoms with Crippen LogP contribution in [0.4, 0.5) is 11.4 Å². The minimum Gasteiger partial charge on any atom is -0.481 e. The van der Waals surface area contributed by atoms with Gasteiger partial charge in [0.25, 0.3) is 11.4 Å². The number of non-ortho nitro benzene ring substituents is 1. The van der Waals surface area contributed by atoms with Crippen LogP contribution in [0.25, 0.3) is 0 Å². The molecule has 9 heteroatoms. The molecule has 0 spiro atoms. The lowest BCUT2D eigenvalue weighted by atomic mass is 10.3. The number of rotatable bonds is 7. The van der Waals surface area contributed by atoms with Gasteiger partial charge in [-0.25, -0.2) is 0 Å². The maximum atomic E-state index is 10.8. The van der Waals surface area contributed by atoms with Crippen molar-refractivity contribution in [2.24, 2.45) is 0 Å². The second-order valence-corrected chi connectivity index (χ2v) is 4.65. The highest BCUT2D eigenvalue weighted by Crippen LogP contribution is 2.32. The number of nitrogens with zero attached hydrogens (tertiary/aromatic N) is 2. The molecular weight excluding hydrogens is 276 g/mol.